The molecule has 1 aromatic rings. The first-order valence-corrected chi connectivity index (χ1v) is 4.57. The monoisotopic (exact) mass is 182 g/mol. The van der Waals surface area contributed by atoms with Crippen LogP contribution in [0.2, 0.25) is 0 Å². The number of oxazole rings is 1. The van der Waals surface area contributed by atoms with Gasteiger partial charge in [-0.1, -0.05) is 0 Å². The first kappa shape index (κ1) is 8.72. The Hall–Kier alpha value is -0.870. The Morgan fingerprint density at radius 2 is 2.54 bits per heavy atom. The Kier molecular flexibility index (Phi) is 2.33. The predicted molar refractivity (Wildman–Crippen MR) is 47.2 cm³/mol. The summed E-state index contributed by atoms with van der Waals surface area (Å²) in [6, 6.07) is 0. The van der Waals surface area contributed by atoms with Crippen LogP contribution in [0.4, 0.5) is 0 Å². The lowest BCUT2D eigenvalue weighted by atomic mass is 9.98. The number of nitrogens with zero attached hydrogens (tertiary/aromatic N) is 1. The third kappa shape index (κ3) is 1.47. The van der Waals surface area contributed by atoms with Crippen molar-refractivity contribution in [2.24, 2.45) is 5.73 Å². The molecule has 0 saturated carbocycles. The maximum absolute atomic E-state index is 5.54. The van der Waals surface area contributed by atoms with E-state index < -0.39 is 0 Å². The quantitative estimate of drug-likeness (QED) is 0.742. The van der Waals surface area contributed by atoms with Gasteiger partial charge in [0.25, 0.3) is 0 Å². The van der Waals surface area contributed by atoms with Crippen LogP contribution in [0.25, 0.3) is 0 Å². The zero-order chi connectivity index (χ0) is 9.26. The average Bonchev–Trinajstić information content (AvgIpc) is 2.71. The fraction of sp³-hybridized carbons (Fsp3) is 0.667. The Bertz CT molecular complexity index is 285. The molecule has 0 aliphatic carbocycles. The highest BCUT2D eigenvalue weighted by Crippen LogP contribution is 2.32. The summed E-state index contributed by atoms with van der Waals surface area (Å²) in [7, 11) is 0. The maximum atomic E-state index is 5.54. The van der Waals surface area contributed by atoms with Gasteiger partial charge in [-0.3, -0.25) is 0 Å². The van der Waals surface area contributed by atoms with Crippen molar-refractivity contribution in [2.75, 3.05) is 6.61 Å². The summed E-state index contributed by atoms with van der Waals surface area (Å²) in [5.41, 5.74) is 6.41. The minimum atomic E-state index is 0.221. The SMILES string of the molecule is CC1OCCC1c1ocnc1CN. The Labute approximate surface area is 77.1 Å². The second-order valence-corrected chi connectivity index (χ2v) is 3.34. The van der Waals surface area contributed by atoms with E-state index in [1.54, 1.807) is 0 Å². The van der Waals surface area contributed by atoms with Crippen molar-refractivity contribution in [3.05, 3.63) is 17.8 Å². The highest BCUT2D eigenvalue weighted by Gasteiger charge is 2.30. The number of aromatic nitrogens is 1. The van der Waals surface area contributed by atoms with Crippen molar-refractivity contribution < 1.29 is 9.15 Å². The lowest BCUT2D eigenvalue weighted by molar-refractivity contribution is 0.115. The van der Waals surface area contributed by atoms with Crippen molar-refractivity contribution in [3.63, 3.8) is 0 Å². The van der Waals surface area contributed by atoms with Gasteiger partial charge in [-0.05, 0) is 13.3 Å². The molecule has 0 bridgehead atoms. The standard InChI is InChI=1S/C9H14N2O2/c1-6-7(2-3-12-6)9-8(4-10)11-5-13-9/h5-7H,2-4,10H2,1H3. The highest BCUT2D eigenvalue weighted by molar-refractivity contribution is 5.14. The molecule has 4 heteroatoms. The van der Waals surface area contributed by atoms with E-state index in [-0.39, 0.29) is 6.10 Å². The van der Waals surface area contributed by atoms with Crippen LogP contribution in [0.15, 0.2) is 10.8 Å². The van der Waals surface area contributed by atoms with Crippen molar-refractivity contribution >= 4 is 0 Å². The van der Waals surface area contributed by atoms with Crippen LogP contribution in [0, 0.1) is 0 Å². The molecule has 0 spiro atoms. The van der Waals surface area contributed by atoms with E-state index in [4.69, 9.17) is 14.9 Å². The van der Waals surface area contributed by atoms with E-state index in [9.17, 15) is 0 Å². The van der Waals surface area contributed by atoms with Gasteiger partial charge in [0.2, 0.25) is 0 Å². The normalized spacial score (nSPS) is 28.2. The summed E-state index contributed by atoms with van der Waals surface area (Å²) in [5.74, 6) is 1.24. The topological polar surface area (TPSA) is 61.3 Å². The van der Waals surface area contributed by atoms with Crippen LogP contribution >= 0.6 is 0 Å². The van der Waals surface area contributed by atoms with Crippen molar-refractivity contribution in [2.45, 2.75) is 31.9 Å². The summed E-state index contributed by atoms with van der Waals surface area (Å²) >= 11 is 0. The summed E-state index contributed by atoms with van der Waals surface area (Å²) in [5, 5.41) is 0. The van der Waals surface area contributed by atoms with E-state index >= 15 is 0 Å². The number of rotatable bonds is 2. The van der Waals surface area contributed by atoms with Gasteiger partial charge < -0.3 is 14.9 Å². The summed E-state index contributed by atoms with van der Waals surface area (Å²) in [6.45, 7) is 3.30. The first-order valence-electron chi connectivity index (χ1n) is 4.57. The molecule has 2 atom stereocenters. The minimum absolute atomic E-state index is 0.221. The molecule has 0 aromatic carbocycles. The zero-order valence-corrected chi connectivity index (χ0v) is 7.69. The second-order valence-electron chi connectivity index (χ2n) is 3.34. The summed E-state index contributed by atoms with van der Waals surface area (Å²) in [6.07, 6.45) is 2.68. The lowest BCUT2D eigenvalue weighted by Gasteiger charge is -2.11. The van der Waals surface area contributed by atoms with Gasteiger partial charge in [0.15, 0.2) is 6.39 Å². The Morgan fingerprint density at radius 1 is 1.69 bits per heavy atom. The molecule has 4 nitrogen and oxygen atoms in total. The van der Waals surface area contributed by atoms with Crippen molar-refractivity contribution in [1.29, 1.82) is 0 Å². The van der Waals surface area contributed by atoms with Crippen LogP contribution in [0.3, 0.4) is 0 Å². The van der Waals surface area contributed by atoms with Gasteiger partial charge in [0.05, 0.1) is 11.8 Å². The molecule has 0 radical (unpaired) electrons. The van der Waals surface area contributed by atoms with Gasteiger partial charge in [-0.2, -0.15) is 0 Å². The van der Waals surface area contributed by atoms with E-state index in [1.807, 2.05) is 0 Å². The largest absolute Gasteiger partial charge is 0.448 e. The van der Waals surface area contributed by atoms with Crippen LogP contribution in [0.1, 0.15) is 30.7 Å². The number of nitrogens with two attached hydrogens (primary N) is 1. The lowest BCUT2D eigenvalue weighted by Crippen LogP contribution is -2.12. The third-order valence-corrected chi connectivity index (χ3v) is 2.58. The van der Waals surface area contributed by atoms with Gasteiger partial charge in [-0.25, -0.2) is 4.98 Å². The molecule has 1 saturated heterocycles. The predicted octanol–water partition coefficient (Wildman–Crippen LogP) is 1.03. The fourth-order valence-electron chi connectivity index (χ4n) is 1.81. The molecular formula is C9H14N2O2. The minimum Gasteiger partial charge on any atom is -0.448 e. The van der Waals surface area contributed by atoms with Gasteiger partial charge >= 0.3 is 0 Å². The van der Waals surface area contributed by atoms with Crippen LogP contribution in [-0.2, 0) is 11.3 Å². The molecular weight excluding hydrogens is 168 g/mol. The molecule has 1 aromatic heterocycles. The van der Waals surface area contributed by atoms with Gasteiger partial charge in [-0.15, -0.1) is 0 Å². The summed E-state index contributed by atoms with van der Waals surface area (Å²) < 4.78 is 10.8. The fourth-order valence-corrected chi connectivity index (χ4v) is 1.81. The molecule has 2 unspecified atom stereocenters. The average molecular weight is 182 g/mol. The number of ether oxygens (including phenoxy) is 1. The molecule has 1 fully saturated rings. The maximum Gasteiger partial charge on any atom is 0.181 e. The van der Waals surface area contributed by atoms with Crippen molar-refractivity contribution in [3.8, 4) is 0 Å². The third-order valence-electron chi connectivity index (χ3n) is 2.58. The van der Waals surface area contributed by atoms with Crippen LogP contribution in [0.5, 0.6) is 0 Å². The van der Waals surface area contributed by atoms with Crippen LogP contribution < -0.4 is 5.73 Å². The summed E-state index contributed by atoms with van der Waals surface area (Å²) in [4.78, 5) is 4.07. The molecule has 0 amide bonds. The Morgan fingerprint density at radius 3 is 3.15 bits per heavy atom. The van der Waals surface area contributed by atoms with E-state index in [2.05, 4.69) is 11.9 Å². The molecule has 13 heavy (non-hydrogen) atoms. The highest BCUT2D eigenvalue weighted by atomic mass is 16.5. The van der Waals surface area contributed by atoms with E-state index in [0.717, 1.165) is 24.5 Å². The van der Waals surface area contributed by atoms with E-state index in [0.29, 0.717) is 12.5 Å². The molecule has 2 heterocycles. The molecule has 2 rings (SSSR count). The molecule has 72 valence electrons. The van der Waals surface area contributed by atoms with Gasteiger partial charge in [0, 0.05) is 19.1 Å². The van der Waals surface area contributed by atoms with E-state index in [1.165, 1.54) is 6.39 Å². The zero-order valence-electron chi connectivity index (χ0n) is 7.69. The van der Waals surface area contributed by atoms with Gasteiger partial charge in [0.1, 0.15) is 5.76 Å². The first-order chi connectivity index (χ1) is 6.33. The Balaban J connectivity index is 2.23. The molecule has 2 N–H and O–H groups in total. The second kappa shape index (κ2) is 3.47. The van der Waals surface area contributed by atoms with Crippen molar-refractivity contribution in [1.82, 2.24) is 4.98 Å². The van der Waals surface area contributed by atoms with Crippen LogP contribution in [-0.4, -0.2) is 17.7 Å². The number of hydrogen-bond donors (Lipinski definition) is 1. The number of hydrogen-bond acceptors (Lipinski definition) is 4. The molecule has 1 aliphatic heterocycles. The molecule has 1 aliphatic rings. The smallest absolute Gasteiger partial charge is 0.181 e.